The van der Waals surface area contributed by atoms with Gasteiger partial charge in [0, 0.05) is 11.4 Å². The first-order valence-electron chi connectivity index (χ1n) is 5.80. The largest absolute Gasteiger partial charge is 0.459 e. The Morgan fingerprint density at radius 2 is 2.00 bits per heavy atom. The molecule has 0 unspecified atom stereocenters. The van der Waals surface area contributed by atoms with Crippen LogP contribution < -0.4 is 5.32 Å². The molecule has 2 nitrogen and oxygen atoms in total. The minimum absolute atomic E-state index is 0.482. The van der Waals surface area contributed by atoms with Crippen LogP contribution in [0.15, 0.2) is 22.6 Å². The number of aryl methyl sites for hydroxylation is 2. The van der Waals surface area contributed by atoms with Crippen LogP contribution >= 0.6 is 0 Å². The Morgan fingerprint density at radius 1 is 1.25 bits per heavy atom. The molecular weight excluding hydrogens is 198 g/mol. The zero-order chi connectivity index (χ0) is 11.7. The Labute approximate surface area is 96.6 Å². The van der Waals surface area contributed by atoms with Crippen molar-refractivity contribution in [2.45, 2.75) is 40.3 Å². The lowest BCUT2D eigenvalue weighted by molar-refractivity contribution is 0.487. The lowest BCUT2D eigenvalue weighted by atomic mass is 10.1. The van der Waals surface area contributed by atoms with Crippen molar-refractivity contribution < 1.29 is 4.42 Å². The second-order valence-corrected chi connectivity index (χ2v) is 4.67. The fraction of sp³-hybridized carbons (Fsp3) is 0.429. The van der Waals surface area contributed by atoms with Crippen LogP contribution in [0.3, 0.4) is 0 Å². The average Bonchev–Trinajstić information content (AvgIpc) is 2.64. The Morgan fingerprint density at radius 3 is 2.69 bits per heavy atom. The van der Waals surface area contributed by atoms with Crippen molar-refractivity contribution in [3.8, 4) is 0 Å². The van der Waals surface area contributed by atoms with Crippen molar-refractivity contribution in [3.05, 3.63) is 35.1 Å². The third-order valence-corrected chi connectivity index (χ3v) is 2.94. The van der Waals surface area contributed by atoms with Gasteiger partial charge in [0.1, 0.15) is 11.3 Å². The average molecular weight is 217 g/mol. The van der Waals surface area contributed by atoms with E-state index in [9.17, 15) is 0 Å². The first kappa shape index (κ1) is 11.2. The molecule has 0 bridgehead atoms. The van der Waals surface area contributed by atoms with Gasteiger partial charge in [0.25, 0.3) is 0 Å². The smallest absolute Gasteiger partial charge is 0.137 e. The zero-order valence-electron chi connectivity index (χ0n) is 10.4. The van der Waals surface area contributed by atoms with Crippen LogP contribution in [0.1, 0.15) is 30.7 Å². The quantitative estimate of drug-likeness (QED) is 0.850. The summed E-state index contributed by atoms with van der Waals surface area (Å²) in [5, 5.41) is 4.56. The second-order valence-electron chi connectivity index (χ2n) is 4.67. The predicted molar refractivity (Wildman–Crippen MR) is 67.7 cm³/mol. The molecule has 1 aromatic carbocycles. The van der Waals surface area contributed by atoms with Gasteiger partial charge < -0.3 is 9.73 Å². The molecule has 2 heteroatoms. The number of furan rings is 1. The van der Waals surface area contributed by atoms with Crippen molar-refractivity contribution in [2.24, 2.45) is 0 Å². The molecule has 2 rings (SSSR count). The van der Waals surface area contributed by atoms with Gasteiger partial charge in [-0.2, -0.15) is 0 Å². The number of hydrogen-bond acceptors (Lipinski definition) is 2. The van der Waals surface area contributed by atoms with E-state index in [1.54, 1.807) is 0 Å². The molecule has 0 aliphatic heterocycles. The van der Waals surface area contributed by atoms with Crippen LogP contribution in [-0.2, 0) is 6.54 Å². The fourth-order valence-corrected chi connectivity index (χ4v) is 1.79. The highest BCUT2D eigenvalue weighted by Gasteiger charge is 2.07. The summed E-state index contributed by atoms with van der Waals surface area (Å²) in [6.45, 7) is 9.30. The van der Waals surface area contributed by atoms with Crippen LogP contribution in [0.25, 0.3) is 11.0 Å². The molecule has 0 spiro atoms. The maximum atomic E-state index is 5.87. The summed E-state index contributed by atoms with van der Waals surface area (Å²) >= 11 is 0. The van der Waals surface area contributed by atoms with E-state index >= 15 is 0 Å². The SMILES string of the molecule is Cc1ccc2cc(CNC(C)C)oc2c1C. The Bertz CT molecular complexity index is 497. The van der Waals surface area contributed by atoms with Crippen LogP contribution in [0.5, 0.6) is 0 Å². The van der Waals surface area contributed by atoms with Gasteiger partial charge in [-0.15, -0.1) is 0 Å². The third-order valence-electron chi connectivity index (χ3n) is 2.94. The minimum atomic E-state index is 0.482. The van der Waals surface area contributed by atoms with Gasteiger partial charge >= 0.3 is 0 Å². The minimum Gasteiger partial charge on any atom is -0.459 e. The molecule has 1 N–H and O–H groups in total. The number of fused-ring (bicyclic) bond motifs is 1. The van der Waals surface area contributed by atoms with Gasteiger partial charge in [-0.3, -0.25) is 0 Å². The van der Waals surface area contributed by atoms with Gasteiger partial charge in [0.2, 0.25) is 0 Å². The maximum Gasteiger partial charge on any atom is 0.137 e. The molecule has 0 fully saturated rings. The van der Waals surface area contributed by atoms with Crippen molar-refractivity contribution >= 4 is 11.0 Å². The molecule has 0 radical (unpaired) electrons. The molecule has 1 aromatic heterocycles. The molecule has 0 saturated carbocycles. The normalized spacial score (nSPS) is 11.6. The molecule has 0 aliphatic carbocycles. The second kappa shape index (κ2) is 4.30. The van der Waals surface area contributed by atoms with E-state index in [2.05, 4.69) is 51.2 Å². The highest BCUT2D eigenvalue weighted by atomic mass is 16.3. The van der Waals surface area contributed by atoms with Gasteiger partial charge in [-0.05, 0) is 31.0 Å². The van der Waals surface area contributed by atoms with Crippen molar-refractivity contribution in [3.63, 3.8) is 0 Å². The lowest BCUT2D eigenvalue weighted by Gasteiger charge is -2.04. The summed E-state index contributed by atoms with van der Waals surface area (Å²) in [4.78, 5) is 0. The Kier molecular flexibility index (Phi) is 3.01. The maximum absolute atomic E-state index is 5.87. The van der Waals surface area contributed by atoms with Crippen LogP contribution in [-0.4, -0.2) is 6.04 Å². The van der Waals surface area contributed by atoms with Crippen molar-refractivity contribution in [1.29, 1.82) is 0 Å². The molecule has 2 aromatic rings. The number of hydrogen-bond donors (Lipinski definition) is 1. The summed E-state index contributed by atoms with van der Waals surface area (Å²) in [5.74, 6) is 1.01. The van der Waals surface area contributed by atoms with Crippen molar-refractivity contribution in [1.82, 2.24) is 5.32 Å². The predicted octanol–water partition coefficient (Wildman–Crippen LogP) is 3.55. The monoisotopic (exact) mass is 217 g/mol. The topological polar surface area (TPSA) is 25.2 Å². The van der Waals surface area contributed by atoms with Crippen LogP contribution in [0.2, 0.25) is 0 Å². The van der Waals surface area contributed by atoms with E-state index in [0.717, 1.165) is 17.9 Å². The lowest BCUT2D eigenvalue weighted by Crippen LogP contribution is -2.21. The Balaban J connectivity index is 2.33. The zero-order valence-corrected chi connectivity index (χ0v) is 10.4. The summed E-state index contributed by atoms with van der Waals surface area (Å²) in [6.07, 6.45) is 0. The molecule has 16 heavy (non-hydrogen) atoms. The molecule has 0 aliphatic rings. The van der Waals surface area contributed by atoms with E-state index in [1.807, 2.05) is 0 Å². The van der Waals surface area contributed by atoms with E-state index in [1.165, 1.54) is 16.5 Å². The standard InChI is InChI=1S/C14H19NO/c1-9(2)15-8-13-7-12-6-5-10(3)11(4)14(12)16-13/h5-7,9,15H,8H2,1-4H3. The first-order valence-corrected chi connectivity index (χ1v) is 5.80. The van der Waals surface area contributed by atoms with E-state index in [0.29, 0.717) is 6.04 Å². The Hall–Kier alpha value is -1.28. The van der Waals surface area contributed by atoms with E-state index in [4.69, 9.17) is 4.42 Å². The van der Waals surface area contributed by atoms with Gasteiger partial charge in [-0.1, -0.05) is 26.0 Å². The summed E-state index contributed by atoms with van der Waals surface area (Å²) < 4.78 is 5.87. The molecule has 1 heterocycles. The van der Waals surface area contributed by atoms with Crippen LogP contribution in [0.4, 0.5) is 0 Å². The molecular formula is C14H19NO. The van der Waals surface area contributed by atoms with E-state index < -0.39 is 0 Å². The highest BCUT2D eigenvalue weighted by molar-refractivity contribution is 5.82. The fourth-order valence-electron chi connectivity index (χ4n) is 1.79. The summed E-state index contributed by atoms with van der Waals surface area (Å²) in [5.41, 5.74) is 3.55. The molecule has 0 amide bonds. The molecule has 86 valence electrons. The van der Waals surface area contributed by atoms with Crippen LogP contribution in [0, 0.1) is 13.8 Å². The van der Waals surface area contributed by atoms with Gasteiger partial charge in [-0.25, -0.2) is 0 Å². The highest BCUT2D eigenvalue weighted by Crippen LogP contribution is 2.25. The van der Waals surface area contributed by atoms with Gasteiger partial charge in [0.05, 0.1) is 6.54 Å². The van der Waals surface area contributed by atoms with Crippen molar-refractivity contribution in [2.75, 3.05) is 0 Å². The number of nitrogens with one attached hydrogen (secondary N) is 1. The third kappa shape index (κ3) is 2.12. The molecule has 0 atom stereocenters. The number of rotatable bonds is 3. The van der Waals surface area contributed by atoms with E-state index in [-0.39, 0.29) is 0 Å². The number of benzene rings is 1. The van der Waals surface area contributed by atoms with Gasteiger partial charge in [0.15, 0.2) is 0 Å². The summed E-state index contributed by atoms with van der Waals surface area (Å²) in [6, 6.07) is 6.88. The first-order chi connectivity index (χ1) is 7.58. The summed E-state index contributed by atoms with van der Waals surface area (Å²) in [7, 11) is 0. The molecule has 0 saturated heterocycles.